The molecule has 0 N–H and O–H groups in total. The first-order chi connectivity index (χ1) is 4.74. The van der Waals surface area contributed by atoms with Gasteiger partial charge in [-0.05, 0) is 28.9 Å². The molecule has 0 saturated heterocycles. The van der Waals surface area contributed by atoms with Crippen molar-refractivity contribution in [1.82, 2.24) is 4.98 Å². The summed E-state index contributed by atoms with van der Waals surface area (Å²) in [5.74, 6) is 0. The second kappa shape index (κ2) is 2.80. The summed E-state index contributed by atoms with van der Waals surface area (Å²) >= 11 is 3.21. The summed E-state index contributed by atoms with van der Waals surface area (Å²) in [6, 6.07) is 3.79. The maximum absolute atomic E-state index is 8.54. The lowest BCUT2D eigenvalue weighted by molar-refractivity contribution is 1.18. The van der Waals surface area contributed by atoms with Crippen LogP contribution in [0.15, 0.2) is 16.7 Å². The highest BCUT2D eigenvalue weighted by molar-refractivity contribution is 9.10. The van der Waals surface area contributed by atoms with Gasteiger partial charge in [-0.25, -0.2) is 0 Å². The number of aromatic nitrogens is 1. The Labute approximate surface area is 67.6 Å². The molecule has 1 aromatic rings. The van der Waals surface area contributed by atoms with Crippen LogP contribution < -0.4 is 0 Å². The van der Waals surface area contributed by atoms with Crippen LogP contribution >= 0.6 is 15.9 Å². The summed E-state index contributed by atoms with van der Waals surface area (Å²) in [5.41, 5.74) is 1.49. The molecule has 0 amide bonds. The first-order valence-corrected chi connectivity index (χ1v) is 3.55. The fourth-order valence-corrected chi connectivity index (χ4v) is 0.934. The molecule has 0 unspecified atom stereocenters. The number of halogens is 1. The SMILES string of the molecule is Cc1cc(C#N)c(Br)cn1. The van der Waals surface area contributed by atoms with Crippen LogP contribution in [-0.4, -0.2) is 4.98 Å². The molecule has 0 spiro atoms. The molecule has 3 heteroatoms. The van der Waals surface area contributed by atoms with Gasteiger partial charge in [0, 0.05) is 11.9 Å². The van der Waals surface area contributed by atoms with Gasteiger partial charge in [0.15, 0.2) is 0 Å². The minimum Gasteiger partial charge on any atom is -0.260 e. The number of aryl methyl sites for hydroxylation is 1. The fraction of sp³-hybridized carbons (Fsp3) is 0.143. The third-order valence-corrected chi connectivity index (χ3v) is 1.74. The zero-order valence-corrected chi connectivity index (χ0v) is 7.01. The number of pyridine rings is 1. The Morgan fingerprint density at radius 3 is 2.90 bits per heavy atom. The Morgan fingerprint density at radius 2 is 2.40 bits per heavy atom. The molecule has 1 rings (SSSR count). The molecule has 1 heterocycles. The molecule has 10 heavy (non-hydrogen) atoms. The van der Waals surface area contributed by atoms with Gasteiger partial charge in [0.2, 0.25) is 0 Å². The lowest BCUT2D eigenvalue weighted by Gasteiger charge is -1.93. The van der Waals surface area contributed by atoms with Crippen LogP contribution in [0, 0.1) is 18.3 Å². The van der Waals surface area contributed by atoms with Gasteiger partial charge in [0.25, 0.3) is 0 Å². The van der Waals surface area contributed by atoms with Crippen LogP contribution in [0.1, 0.15) is 11.3 Å². The number of hydrogen-bond donors (Lipinski definition) is 0. The van der Waals surface area contributed by atoms with Crippen LogP contribution in [0.4, 0.5) is 0 Å². The highest BCUT2D eigenvalue weighted by Gasteiger charge is 1.97. The van der Waals surface area contributed by atoms with Crippen molar-refractivity contribution in [3.8, 4) is 6.07 Å². The van der Waals surface area contributed by atoms with E-state index in [2.05, 4.69) is 20.9 Å². The molecule has 0 aliphatic carbocycles. The van der Waals surface area contributed by atoms with Gasteiger partial charge in [-0.15, -0.1) is 0 Å². The van der Waals surface area contributed by atoms with Crippen molar-refractivity contribution in [3.63, 3.8) is 0 Å². The van der Waals surface area contributed by atoms with Gasteiger partial charge >= 0.3 is 0 Å². The predicted molar refractivity (Wildman–Crippen MR) is 41.4 cm³/mol. The van der Waals surface area contributed by atoms with Crippen molar-refractivity contribution < 1.29 is 0 Å². The summed E-state index contributed by atoms with van der Waals surface area (Å²) in [5, 5.41) is 8.54. The van der Waals surface area contributed by atoms with E-state index >= 15 is 0 Å². The standard InChI is InChI=1S/C7H5BrN2/c1-5-2-6(3-9)7(8)4-10-5/h2,4H,1H3. The molecule has 0 aliphatic heterocycles. The zero-order chi connectivity index (χ0) is 7.56. The average Bonchev–Trinajstić information content (AvgIpc) is 1.94. The lowest BCUT2D eigenvalue weighted by Crippen LogP contribution is -1.83. The summed E-state index contributed by atoms with van der Waals surface area (Å²) in [4.78, 5) is 3.99. The second-order valence-corrected chi connectivity index (χ2v) is 2.77. The number of nitrogens with zero attached hydrogens (tertiary/aromatic N) is 2. The topological polar surface area (TPSA) is 36.7 Å². The Bertz CT molecular complexity index is 288. The molecule has 0 aliphatic rings. The van der Waals surface area contributed by atoms with Gasteiger partial charge in [-0.3, -0.25) is 4.98 Å². The summed E-state index contributed by atoms with van der Waals surface area (Å²) in [7, 11) is 0. The number of hydrogen-bond acceptors (Lipinski definition) is 2. The van der Waals surface area contributed by atoms with Crippen molar-refractivity contribution in [1.29, 1.82) is 5.26 Å². The molecule has 50 valence electrons. The Kier molecular flexibility index (Phi) is 2.03. The van der Waals surface area contributed by atoms with E-state index in [-0.39, 0.29) is 0 Å². The first kappa shape index (κ1) is 7.23. The molecule has 0 aromatic carbocycles. The Morgan fingerprint density at radius 1 is 1.70 bits per heavy atom. The van der Waals surface area contributed by atoms with Gasteiger partial charge in [0.05, 0.1) is 10.0 Å². The molecule has 0 fully saturated rings. The minimum atomic E-state index is 0.632. The van der Waals surface area contributed by atoms with Crippen LogP contribution in [0.25, 0.3) is 0 Å². The average molecular weight is 197 g/mol. The van der Waals surface area contributed by atoms with Crippen molar-refractivity contribution in [3.05, 3.63) is 28.0 Å². The van der Waals surface area contributed by atoms with E-state index in [0.717, 1.165) is 10.2 Å². The summed E-state index contributed by atoms with van der Waals surface area (Å²) in [6.45, 7) is 1.85. The van der Waals surface area contributed by atoms with E-state index in [0.29, 0.717) is 5.56 Å². The summed E-state index contributed by atoms with van der Waals surface area (Å²) in [6.07, 6.45) is 1.63. The number of nitriles is 1. The predicted octanol–water partition coefficient (Wildman–Crippen LogP) is 2.02. The molecular formula is C7H5BrN2. The highest BCUT2D eigenvalue weighted by atomic mass is 79.9. The monoisotopic (exact) mass is 196 g/mol. The molecule has 0 saturated carbocycles. The lowest BCUT2D eigenvalue weighted by atomic mass is 10.2. The van der Waals surface area contributed by atoms with Gasteiger partial charge in [-0.2, -0.15) is 5.26 Å². The fourth-order valence-electron chi connectivity index (χ4n) is 0.629. The van der Waals surface area contributed by atoms with E-state index in [1.54, 1.807) is 12.3 Å². The van der Waals surface area contributed by atoms with Gasteiger partial charge in [0.1, 0.15) is 6.07 Å². The second-order valence-electron chi connectivity index (χ2n) is 1.92. The van der Waals surface area contributed by atoms with Crippen LogP contribution in [-0.2, 0) is 0 Å². The normalized spacial score (nSPS) is 8.90. The Hall–Kier alpha value is -0.880. The largest absolute Gasteiger partial charge is 0.260 e. The molecule has 0 atom stereocenters. The maximum atomic E-state index is 8.54. The third-order valence-electron chi connectivity index (χ3n) is 1.11. The maximum Gasteiger partial charge on any atom is 0.100 e. The molecule has 0 radical (unpaired) electrons. The van der Waals surface area contributed by atoms with E-state index < -0.39 is 0 Å². The van der Waals surface area contributed by atoms with Crippen molar-refractivity contribution in [2.45, 2.75) is 6.92 Å². The van der Waals surface area contributed by atoms with Crippen molar-refractivity contribution >= 4 is 15.9 Å². The highest BCUT2D eigenvalue weighted by Crippen LogP contribution is 2.14. The van der Waals surface area contributed by atoms with E-state index in [1.807, 2.05) is 13.0 Å². The number of rotatable bonds is 0. The van der Waals surface area contributed by atoms with Crippen molar-refractivity contribution in [2.24, 2.45) is 0 Å². The van der Waals surface area contributed by atoms with Gasteiger partial charge in [-0.1, -0.05) is 0 Å². The quantitative estimate of drug-likeness (QED) is 0.637. The molecule has 0 bridgehead atoms. The van der Waals surface area contributed by atoms with Crippen LogP contribution in [0.2, 0.25) is 0 Å². The van der Waals surface area contributed by atoms with E-state index in [9.17, 15) is 0 Å². The minimum absolute atomic E-state index is 0.632. The van der Waals surface area contributed by atoms with E-state index in [1.165, 1.54) is 0 Å². The first-order valence-electron chi connectivity index (χ1n) is 2.76. The Balaban J connectivity index is 3.25. The van der Waals surface area contributed by atoms with Gasteiger partial charge < -0.3 is 0 Å². The van der Waals surface area contributed by atoms with E-state index in [4.69, 9.17) is 5.26 Å². The zero-order valence-electron chi connectivity index (χ0n) is 5.43. The summed E-state index contributed by atoms with van der Waals surface area (Å²) < 4.78 is 0.751. The molecular weight excluding hydrogens is 192 g/mol. The molecule has 2 nitrogen and oxygen atoms in total. The smallest absolute Gasteiger partial charge is 0.100 e. The van der Waals surface area contributed by atoms with Crippen LogP contribution in [0.5, 0.6) is 0 Å². The van der Waals surface area contributed by atoms with Crippen LogP contribution in [0.3, 0.4) is 0 Å². The third kappa shape index (κ3) is 1.34. The molecule has 1 aromatic heterocycles. The van der Waals surface area contributed by atoms with Crippen molar-refractivity contribution in [2.75, 3.05) is 0 Å².